The zero-order valence-corrected chi connectivity index (χ0v) is 18.3. The first-order chi connectivity index (χ1) is 14.6. The van der Waals surface area contributed by atoms with Crippen molar-refractivity contribution in [3.8, 4) is 0 Å². The van der Waals surface area contributed by atoms with Crippen molar-refractivity contribution < 1.29 is 27.9 Å². The minimum Gasteiger partial charge on any atom is -0.510 e. The number of anilines is 1. The lowest BCUT2D eigenvalue weighted by Gasteiger charge is -2.07. The quantitative estimate of drug-likeness (QED) is 0.257. The summed E-state index contributed by atoms with van der Waals surface area (Å²) in [4.78, 5) is 25.9. The number of primary sulfonamides is 1. The molecule has 31 heavy (non-hydrogen) atoms. The normalized spacial score (nSPS) is 14.3. The second kappa shape index (κ2) is 8.96. The Bertz CT molecular complexity index is 1190. The number of hydrogen-bond donors (Lipinski definition) is 3. The predicted molar refractivity (Wildman–Crippen MR) is 114 cm³/mol. The number of thiophene rings is 1. The van der Waals surface area contributed by atoms with Crippen molar-refractivity contribution in [2.24, 2.45) is 15.4 Å². The topological polar surface area (TPSA) is 161 Å². The van der Waals surface area contributed by atoms with Gasteiger partial charge in [-0.05, 0) is 56.0 Å². The lowest BCUT2D eigenvalue weighted by Crippen LogP contribution is -2.16. The highest BCUT2D eigenvalue weighted by molar-refractivity contribution is 7.89. The second-order valence-corrected chi connectivity index (χ2v) is 9.35. The lowest BCUT2D eigenvalue weighted by atomic mass is 10.1. The number of azo groups is 1. The van der Waals surface area contributed by atoms with Gasteiger partial charge in [0, 0.05) is 4.88 Å². The standard InChI is InChI=1S/C19H20N4O6S2/c1-10(24)16(23-22-11-6-8-12(9-7-11)31(20,27)28)17(25)21-18-15(19(26)29-2)13-4-3-5-14(13)30-18/h6-9,24H,3-5H2,1-2H3,(H,21,25)(H2,20,27,28)/b16-10+,23-22?. The first kappa shape index (κ1) is 22.6. The van der Waals surface area contributed by atoms with E-state index in [-0.39, 0.29) is 22.0 Å². The van der Waals surface area contributed by atoms with Gasteiger partial charge < -0.3 is 15.2 Å². The van der Waals surface area contributed by atoms with E-state index in [0.717, 1.165) is 29.7 Å². The Hall–Kier alpha value is -3.09. The highest BCUT2D eigenvalue weighted by atomic mass is 32.2. The molecule has 0 atom stereocenters. The third kappa shape index (κ3) is 4.98. The van der Waals surface area contributed by atoms with Crippen molar-refractivity contribution >= 4 is 43.9 Å². The van der Waals surface area contributed by atoms with Crippen LogP contribution in [-0.4, -0.2) is 32.5 Å². The Morgan fingerprint density at radius 1 is 1.23 bits per heavy atom. The van der Waals surface area contributed by atoms with E-state index in [1.54, 1.807) is 0 Å². The first-order valence-corrected chi connectivity index (χ1v) is 11.5. The molecule has 1 heterocycles. The van der Waals surface area contributed by atoms with Gasteiger partial charge in [0.25, 0.3) is 5.91 Å². The maximum atomic E-state index is 12.7. The number of aliphatic hydroxyl groups excluding tert-OH is 1. The number of aliphatic hydroxyl groups is 1. The van der Waals surface area contributed by atoms with E-state index in [0.29, 0.717) is 10.6 Å². The Morgan fingerprint density at radius 3 is 2.48 bits per heavy atom. The van der Waals surface area contributed by atoms with Gasteiger partial charge in [0.05, 0.1) is 23.3 Å². The van der Waals surface area contributed by atoms with Crippen LogP contribution in [0, 0.1) is 0 Å². The molecule has 0 radical (unpaired) electrons. The molecule has 10 nitrogen and oxygen atoms in total. The summed E-state index contributed by atoms with van der Waals surface area (Å²) in [5.41, 5.74) is 1.07. The van der Waals surface area contributed by atoms with Crippen molar-refractivity contribution in [3.05, 3.63) is 51.7 Å². The van der Waals surface area contributed by atoms with Gasteiger partial charge in [-0.1, -0.05) is 0 Å². The molecule has 0 bridgehead atoms. The number of esters is 1. The summed E-state index contributed by atoms with van der Waals surface area (Å²) in [5, 5.41) is 25.5. The number of allylic oxidation sites excluding steroid dienone is 1. The van der Waals surface area contributed by atoms with Gasteiger partial charge in [0.15, 0.2) is 5.70 Å². The van der Waals surface area contributed by atoms with Gasteiger partial charge in [-0.3, -0.25) is 4.79 Å². The van der Waals surface area contributed by atoms with Gasteiger partial charge in [-0.15, -0.1) is 16.5 Å². The van der Waals surface area contributed by atoms with Crippen LogP contribution in [-0.2, 0) is 32.4 Å². The molecule has 4 N–H and O–H groups in total. The molecule has 0 fully saturated rings. The van der Waals surface area contributed by atoms with E-state index in [9.17, 15) is 23.1 Å². The van der Waals surface area contributed by atoms with E-state index in [1.807, 2.05) is 0 Å². The molecule has 1 aliphatic rings. The van der Waals surface area contributed by atoms with Crippen LogP contribution < -0.4 is 10.5 Å². The summed E-state index contributed by atoms with van der Waals surface area (Å²) >= 11 is 1.29. The number of nitrogens with one attached hydrogen (secondary N) is 1. The molecule has 1 amide bonds. The fourth-order valence-corrected chi connectivity index (χ4v) is 4.85. The van der Waals surface area contributed by atoms with Gasteiger partial charge in [0.1, 0.15) is 10.8 Å². The Morgan fingerprint density at radius 2 is 1.90 bits per heavy atom. The molecule has 1 aromatic heterocycles. The van der Waals surface area contributed by atoms with E-state index in [4.69, 9.17) is 9.88 Å². The Labute approximate surface area is 182 Å². The summed E-state index contributed by atoms with van der Waals surface area (Å²) in [6.07, 6.45) is 2.47. The number of methoxy groups -OCH3 is 1. The molecular formula is C19H20N4O6S2. The number of benzene rings is 1. The molecule has 0 aliphatic heterocycles. The molecule has 0 unspecified atom stereocenters. The first-order valence-electron chi connectivity index (χ1n) is 9.10. The predicted octanol–water partition coefficient (Wildman–Crippen LogP) is 3.18. The van der Waals surface area contributed by atoms with E-state index in [1.165, 1.54) is 49.6 Å². The number of carbonyl (C=O) groups is 2. The number of carbonyl (C=O) groups excluding carboxylic acids is 2. The number of sulfonamides is 1. The minimum absolute atomic E-state index is 0.0978. The fraction of sp³-hybridized carbons (Fsp3) is 0.263. The van der Waals surface area contributed by atoms with E-state index >= 15 is 0 Å². The molecule has 2 aromatic rings. The fourth-order valence-electron chi connectivity index (χ4n) is 3.06. The molecule has 12 heteroatoms. The number of nitrogens with zero attached hydrogens (tertiary/aromatic N) is 2. The highest BCUT2D eigenvalue weighted by Gasteiger charge is 2.29. The summed E-state index contributed by atoms with van der Waals surface area (Å²) in [7, 11) is -2.58. The second-order valence-electron chi connectivity index (χ2n) is 6.68. The summed E-state index contributed by atoms with van der Waals surface area (Å²) < 4.78 is 27.5. The number of rotatable bonds is 6. The lowest BCUT2D eigenvalue weighted by molar-refractivity contribution is -0.113. The van der Waals surface area contributed by atoms with Gasteiger partial charge >= 0.3 is 5.97 Å². The molecule has 0 spiro atoms. The molecule has 1 aromatic carbocycles. The molecule has 3 rings (SSSR count). The van der Waals surface area contributed by atoms with Crippen LogP contribution in [0.15, 0.2) is 50.8 Å². The van der Waals surface area contributed by atoms with Crippen LogP contribution >= 0.6 is 11.3 Å². The number of amides is 1. The van der Waals surface area contributed by atoms with Gasteiger partial charge in [-0.25, -0.2) is 18.4 Å². The van der Waals surface area contributed by atoms with Crippen molar-refractivity contribution in [1.29, 1.82) is 0 Å². The van der Waals surface area contributed by atoms with Crippen LogP contribution in [0.4, 0.5) is 10.7 Å². The molecule has 0 saturated carbocycles. The third-order valence-corrected chi connectivity index (χ3v) is 6.66. The monoisotopic (exact) mass is 464 g/mol. The summed E-state index contributed by atoms with van der Waals surface area (Å²) in [5.74, 6) is -1.68. The maximum absolute atomic E-state index is 12.7. The largest absolute Gasteiger partial charge is 0.510 e. The SMILES string of the molecule is COC(=O)c1c(NC(=O)/C(N=Nc2ccc(S(N)(=O)=O)cc2)=C(/C)O)sc2c1CCC2. The zero-order chi connectivity index (χ0) is 22.8. The van der Waals surface area contributed by atoms with Crippen molar-refractivity contribution in [3.63, 3.8) is 0 Å². The number of hydrogen-bond acceptors (Lipinski definition) is 9. The molecule has 1 aliphatic carbocycles. The summed E-state index contributed by atoms with van der Waals surface area (Å²) in [6, 6.07) is 5.19. The molecular weight excluding hydrogens is 444 g/mol. The average molecular weight is 465 g/mol. The number of aryl methyl sites for hydroxylation is 1. The van der Waals surface area contributed by atoms with E-state index in [2.05, 4.69) is 15.5 Å². The van der Waals surface area contributed by atoms with Crippen LogP contribution in [0.2, 0.25) is 0 Å². The number of fused-ring (bicyclic) bond motifs is 1. The van der Waals surface area contributed by atoms with Crippen molar-refractivity contribution in [1.82, 2.24) is 0 Å². The molecule has 164 valence electrons. The van der Waals surface area contributed by atoms with Crippen LogP contribution in [0.5, 0.6) is 0 Å². The van der Waals surface area contributed by atoms with Crippen LogP contribution in [0.25, 0.3) is 0 Å². The van der Waals surface area contributed by atoms with Crippen molar-refractivity contribution in [2.75, 3.05) is 12.4 Å². The Kier molecular flexibility index (Phi) is 6.53. The third-order valence-electron chi connectivity index (χ3n) is 4.53. The van der Waals surface area contributed by atoms with Crippen LogP contribution in [0.1, 0.15) is 34.1 Å². The Balaban J connectivity index is 1.84. The maximum Gasteiger partial charge on any atom is 0.341 e. The summed E-state index contributed by atoms with van der Waals surface area (Å²) in [6.45, 7) is 1.27. The number of ether oxygens (including phenoxy) is 1. The minimum atomic E-state index is -3.85. The van der Waals surface area contributed by atoms with Gasteiger partial charge in [0.2, 0.25) is 10.0 Å². The van der Waals surface area contributed by atoms with Gasteiger partial charge in [-0.2, -0.15) is 5.11 Å². The highest BCUT2D eigenvalue weighted by Crippen LogP contribution is 2.39. The number of nitrogens with two attached hydrogens (primary N) is 1. The smallest absolute Gasteiger partial charge is 0.341 e. The van der Waals surface area contributed by atoms with E-state index < -0.39 is 21.9 Å². The zero-order valence-electron chi connectivity index (χ0n) is 16.7. The molecule has 0 saturated heterocycles. The van der Waals surface area contributed by atoms with Crippen molar-refractivity contribution in [2.45, 2.75) is 31.1 Å². The van der Waals surface area contributed by atoms with Crippen LogP contribution in [0.3, 0.4) is 0 Å². The average Bonchev–Trinajstić information content (AvgIpc) is 3.27.